The molecule has 0 bridgehead atoms. The number of rotatable bonds is 5. The van der Waals surface area contributed by atoms with E-state index in [0.717, 1.165) is 43.0 Å². The van der Waals surface area contributed by atoms with Crippen LogP contribution in [0, 0.1) is 18.7 Å². The SMILES string of the molecule is Cc1ccc(CNc2cccnc2N2CCC(CO)CC2)cc1F. The molecule has 2 heterocycles. The maximum absolute atomic E-state index is 13.7. The van der Waals surface area contributed by atoms with Crippen molar-refractivity contribution in [3.63, 3.8) is 0 Å². The maximum Gasteiger partial charge on any atom is 0.151 e. The first-order chi connectivity index (χ1) is 11.7. The Hall–Kier alpha value is -2.14. The molecule has 0 aliphatic carbocycles. The zero-order chi connectivity index (χ0) is 16.9. The Morgan fingerprint density at radius 2 is 2.08 bits per heavy atom. The summed E-state index contributed by atoms with van der Waals surface area (Å²) in [7, 11) is 0. The standard InChI is InChI=1S/C19H24FN3O/c1-14-4-5-16(11-17(14)20)12-22-18-3-2-8-21-19(18)23-9-6-15(13-24)7-10-23/h2-5,8,11,15,22,24H,6-7,9-10,12-13H2,1H3. The van der Waals surface area contributed by atoms with Gasteiger partial charge in [0.25, 0.3) is 0 Å². The zero-order valence-corrected chi connectivity index (χ0v) is 14.0. The minimum Gasteiger partial charge on any atom is -0.396 e. The van der Waals surface area contributed by atoms with Crippen LogP contribution in [0.4, 0.5) is 15.9 Å². The lowest BCUT2D eigenvalue weighted by Crippen LogP contribution is -2.35. The molecule has 1 aliphatic rings. The molecule has 128 valence electrons. The number of aliphatic hydroxyl groups is 1. The highest BCUT2D eigenvalue weighted by atomic mass is 19.1. The smallest absolute Gasteiger partial charge is 0.151 e. The van der Waals surface area contributed by atoms with E-state index in [1.54, 1.807) is 25.3 Å². The van der Waals surface area contributed by atoms with Crippen LogP contribution in [0.5, 0.6) is 0 Å². The van der Waals surface area contributed by atoms with Crippen molar-refractivity contribution in [2.24, 2.45) is 5.92 Å². The summed E-state index contributed by atoms with van der Waals surface area (Å²) in [4.78, 5) is 6.78. The molecule has 0 radical (unpaired) electrons. The van der Waals surface area contributed by atoms with E-state index in [9.17, 15) is 9.50 Å². The highest BCUT2D eigenvalue weighted by Gasteiger charge is 2.21. The molecule has 1 aromatic heterocycles. The molecule has 2 N–H and O–H groups in total. The fraction of sp³-hybridized carbons (Fsp3) is 0.421. The summed E-state index contributed by atoms with van der Waals surface area (Å²) in [6.07, 6.45) is 3.76. The molecule has 4 nitrogen and oxygen atoms in total. The molecule has 1 fully saturated rings. The van der Waals surface area contributed by atoms with Crippen molar-refractivity contribution in [2.45, 2.75) is 26.3 Å². The van der Waals surface area contributed by atoms with E-state index < -0.39 is 0 Å². The second-order valence-electron chi connectivity index (χ2n) is 6.42. The van der Waals surface area contributed by atoms with Crippen molar-refractivity contribution in [3.8, 4) is 0 Å². The Bertz CT molecular complexity index is 684. The van der Waals surface area contributed by atoms with Crippen LogP contribution in [0.25, 0.3) is 0 Å². The number of pyridine rings is 1. The molecule has 0 saturated carbocycles. The van der Waals surface area contributed by atoms with Crippen LogP contribution in [0.2, 0.25) is 0 Å². The molecule has 1 aliphatic heterocycles. The number of aryl methyl sites for hydroxylation is 1. The number of nitrogens with zero attached hydrogens (tertiary/aromatic N) is 2. The van der Waals surface area contributed by atoms with Gasteiger partial charge in [-0.05, 0) is 55.0 Å². The van der Waals surface area contributed by atoms with Crippen molar-refractivity contribution >= 4 is 11.5 Å². The molecule has 5 heteroatoms. The quantitative estimate of drug-likeness (QED) is 0.883. The van der Waals surface area contributed by atoms with Gasteiger partial charge in [-0.25, -0.2) is 9.37 Å². The minimum absolute atomic E-state index is 0.174. The van der Waals surface area contributed by atoms with E-state index >= 15 is 0 Å². The lowest BCUT2D eigenvalue weighted by atomic mass is 9.98. The van der Waals surface area contributed by atoms with Crippen LogP contribution >= 0.6 is 0 Å². The number of anilines is 2. The third-order valence-corrected chi connectivity index (χ3v) is 4.68. The first kappa shape index (κ1) is 16.7. The van der Waals surface area contributed by atoms with Gasteiger partial charge in [0.2, 0.25) is 0 Å². The molecule has 1 aromatic carbocycles. The molecule has 2 aromatic rings. The average Bonchev–Trinajstić information content (AvgIpc) is 2.63. The summed E-state index contributed by atoms with van der Waals surface area (Å²) in [6, 6.07) is 9.22. The first-order valence-electron chi connectivity index (χ1n) is 8.47. The highest BCUT2D eigenvalue weighted by molar-refractivity contribution is 5.65. The molecule has 1 saturated heterocycles. The van der Waals surface area contributed by atoms with Gasteiger partial charge in [0.1, 0.15) is 5.82 Å². The van der Waals surface area contributed by atoms with E-state index in [-0.39, 0.29) is 12.4 Å². The van der Waals surface area contributed by atoms with Crippen LogP contribution in [0.3, 0.4) is 0 Å². The predicted molar refractivity (Wildman–Crippen MR) is 94.7 cm³/mol. The highest BCUT2D eigenvalue weighted by Crippen LogP contribution is 2.28. The number of halogens is 1. The number of benzene rings is 1. The number of hydrogen-bond donors (Lipinski definition) is 2. The van der Waals surface area contributed by atoms with Crippen molar-refractivity contribution in [3.05, 3.63) is 53.5 Å². The Morgan fingerprint density at radius 1 is 1.29 bits per heavy atom. The first-order valence-corrected chi connectivity index (χ1v) is 8.47. The maximum atomic E-state index is 13.7. The average molecular weight is 329 g/mol. The van der Waals surface area contributed by atoms with E-state index in [2.05, 4.69) is 15.2 Å². The third-order valence-electron chi connectivity index (χ3n) is 4.68. The normalized spacial score (nSPS) is 15.5. The summed E-state index contributed by atoms with van der Waals surface area (Å²) >= 11 is 0. The number of aliphatic hydroxyl groups excluding tert-OH is 1. The van der Waals surface area contributed by atoms with Gasteiger partial charge < -0.3 is 15.3 Å². The van der Waals surface area contributed by atoms with Crippen molar-refractivity contribution in [2.75, 3.05) is 29.9 Å². The van der Waals surface area contributed by atoms with Crippen LogP contribution in [-0.2, 0) is 6.54 Å². The van der Waals surface area contributed by atoms with Crippen molar-refractivity contribution in [1.29, 1.82) is 0 Å². The molecule has 0 amide bonds. The molecular weight excluding hydrogens is 305 g/mol. The summed E-state index contributed by atoms with van der Waals surface area (Å²) in [5.74, 6) is 1.16. The fourth-order valence-corrected chi connectivity index (χ4v) is 3.06. The number of aromatic nitrogens is 1. The zero-order valence-electron chi connectivity index (χ0n) is 14.0. The van der Waals surface area contributed by atoms with E-state index in [4.69, 9.17) is 0 Å². The van der Waals surface area contributed by atoms with E-state index in [1.165, 1.54) is 0 Å². The van der Waals surface area contributed by atoms with Gasteiger partial charge in [-0.1, -0.05) is 12.1 Å². The van der Waals surface area contributed by atoms with Gasteiger partial charge >= 0.3 is 0 Å². The summed E-state index contributed by atoms with van der Waals surface area (Å²) in [5.41, 5.74) is 2.53. The molecule has 3 rings (SSSR count). The fourth-order valence-electron chi connectivity index (χ4n) is 3.06. The third kappa shape index (κ3) is 3.85. The monoisotopic (exact) mass is 329 g/mol. The van der Waals surface area contributed by atoms with Gasteiger partial charge in [0.05, 0.1) is 5.69 Å². The summed E-state index contributed by atoms with van der Waals surface area (Å²) < 4.78 is 13.7. The van der Waals surface area contributed by atoms with Crippen LogP contribution in [0.1, 0.15) is 24.0 Å². The van der Waals surface area contributed by atoms with Gasteiger partial charge in [-0.15, -0.1) is 0 Å². The molecule has 0 atom stereocenters. The molecule has 0 unspecified atom stereocenters. The van der Waals surface area contributed by atoms with Crippen molar-refractivity contribution in [1.82, 2.24) is 4.98 Å². The van der Waals surface area contributed by atoms with E-state index in [0.29, 0.717) is 18.0 Å². The molecule has 0 spiro atoms. The number of piperidine rings is 1. The molecular formula is C19H24FN3O. The Morgan fingerprint density at radius 3 is 2.79 bits per heavy atom. The summed E-state index contributed by atoms with van der Waals surface area (Å²) in [5, 5.41) is 12.7. The van der Waals surface area contributed by atoms with Gasteiger partial charge in [-0.2, -0.15) is 0 Å². The Balaban J connectivity index is 1.69. The Kier molecular flexibility index (Phi) is 5.30. The largest absolute Gasteiger partial charge is 0.396 e. The van der Waals surface area contributed by atoms with Gasteiger partial charge in [-0.3, -0.25) is 0 Å². The van der Waals surface area contributed by atoms with Crippen LogP contribution < -0.4 is 10.2 Å². The van der Waals surface area contributed by atoms with Crippen molar-refractivity contribution < 1.29 is 9.50 Å². The lowest BCUT2D eigenvalue weighted by Gasteiger charge is -2.33. The second kappa shape index (κ2) is 7.62. The number of hydrogen-bond acceptors (Lipinski definition) is 4. The summed E-state index contributed by atoms with van der Waals surface area (Å²) in [6.45, 7) is 4.39. The second-order valence-corrected chi connectivity index (χ2v) is 6.42. The Labute approximate surface area is 142 Å². The van der Waals surface area contributed by atoms with Gasteiger partial charge in [0.15, 0.2) is 5.82 Å². The predicted octanol–water partition coefficient (Wildman–Crippen LogP) is 3.35. The van der Waals surface area contributed by atoms with Crippen LogP contribution in [-0.4, -0.2) is 29.8 Å². The molecule has 24 heavy (non-hydrogen) atoms. The lowest BCUT2D eigenvalue weighted by molar-refractivity contribution is 0.203. The van der Waals surface area contributed by atoms with Crippen LogP contribution in [0.15, 0.2) is 36.5 Å². The minimum atomic E-state index is -0.174. The topological polar surface area (TPSA) is 48.4 Å². The van der Waals surface area contributed by atoms with Gasteiger partial charge in [0, 0.05) is 32.4 Å². The van der Waals surface area contributed by atoms with E-state index in [1.807, 2.05) is 18.2 Å². The number of nitrogens with one attached hydrogen (secondary N) is 1.